The Balaban J connectivity index is 1.59. The molecule has 23 heavy (non-hydrogen) atoms. The number of hydrogen-bond acceptors (Lipinski definition) is 3. The van der Waals surface area contributed by atoms with Gasteiger partial charge >= 0.3 is 0 Å². The quantitative estimate of drug-likeness (QED) is 0.805. The van der Waals surface area contributed by atoms with Crippen LogP contribution in [0.4, 0.5) is 5.13 Å². The lowest BCUT2D eigenvalue weighted by Crippen LogP contribution is -2.12. The number of hydrogen-bond donors (Lipinski definition) is 1. The van der Waals surface area contributed by atoms with Gasteiger partial charge in [-0.05, 0) is 31.7 Å². The molecule has 122 valence electrons. The van der Waals surface area contributed by atoms with Crippen molar-refractivity contribution in [3.8, 4) is 11.3 Å². The SMILES string of the molecule is Cc1ccc(-c2csc(NC(=O)CCC3CCCC3)n2)c(C)c1. The zero-order valence-electron chi connectivity index (χ0n) is 13.9. The van der Waals surface area contributed by atoms with E-state index in [2.05, 4.69) is 42.3 Å². The summed E-state index contributed by atoms with van der Waals surface area (Å²) < 4.78 is 0. The Bertz CT molecular complexity index is 686. The van der Waals surface area contributed by atoms with Crippen molar-refractivity contribution >= 4 is 22.4 Å². The van der Waals surface area contributed by atoms with Crippen LogP contribution < -0.4 is 5.32 Å². The fraction of sp³-hybridized carbons (Fsp3) is 0.474. The molecule has 1 saturated carbocycles. The number of benzene rings is 1. The fourth-order valence-corrected chi connectivity index (χ4v) is 4.10. The van der Waals surface area contributed by atoms with Gasteiger partial charge in [0.15, 0.2) is 5.13 Å². The lowest BCUT2D eigenvalue weighted by atomic mass is 10.0. The van der Waals surface area contributed by atoms with Crippen molar-refractivity contribution < 1.29 is 4.79 Å². The molecular weight excluding hydrogens is 304 g/mol. The molecule has 0 unspecified atom stereocenters. The van der Waals surface area contributed by atoms with Gasteiger partial charge in [-0.15, -0.1) is 11.3 Å². The van der Waals surface area contributed by atoms with Crippen LogP contribution in [-0.4, -0.2) is 10.9 Å². The monoisotopic (exact) mass is 328 g/mol. The van der Waals surface area contributed by atoms with Gasteiger partial charge in [0.25, 0.3) is 0 Å². The number of carbonyl (C=O) groups excluding carboxylic acids is 1. The Morgan fingerprint density at radius 3 is 2.83 bits per heavy atom. The van der Waals surface area contributed by atoms with Crippen molar-refractivity contribution in [2.45, 2.75) is 52.4 Å². The summed E-state index contributed by atoms with van der Waals surface area (Å²) in [5.41, 5.74) is 4.55. The summed E-state index contributed by atoms with van der Waals surface area (Å²) in [4.78, 5) is 16.7. The lowest BCUT2D eigenvalue weighted by Gasteiger charge is -2.07. The molecule has 1 aromatic heterocycles. The number of anilines is 1. The van der Waals surface area contributed by atoms with E-state index in [4.69, 9.17) is 0 Å². The van der Waals surface area contributed by atoms with Crippen LogP contribution in [0.25, 0.3) is 11.3 Å². The highest BCUT2D eigenvalue weighted by molar-refractivity contribution is 7.14. The largest absolute Gasteiger partial charge is 0.302 e. The first-order chi connectivity index (χ1) is 11.1. The molecule has 1 amide bonds. The first kappa shape index (κ1) is 16.2. The highest BCUT2D eigenvalue weighted by atomic mass is 32.1. The maximum atomic E-state index is 12.1. The second-order valence-corrected chi connectivity index (χ2v) is 7.45. The number of nitrogens with zero attached hydrogens (tertiary/aromatic N) is 1. The number of nitrogens with one attached hydrogen (secondary N) is 1. The van der Waals surface area contributed by atoms with Crippen molar-refractivity contribution in [2.75, 3.05) is 5.32 Å². The molecule has 1 aliphatic carbocycles. The van der Waals surface area contributed by atoms with E-state index in [-0.39, 0.29) is 5.91 Å². The molecule has 1 aliphatic rings. The van der Waals surface area contributed by atoms with E-state index in [1.54, 1.807) is 0 Å². The number of thiazole rings is 1. The Labute approximate surface area is 142 Å². The standard InChI is InChI=1S/C19H24N2OS/c1-13-7-9-16(14(2)11-13)17-12-23-19(20-17)21-18(22)10-8-15-5-3-4-6-15/h7,9,11-12,15H,3-6,8,10H2,1-2H3,(H,20,21,22). The van der Waals surface area contributed by atoms with Crippen molar-refractivity contribution in [3.05, 3.63) is 34.7 Å². The predicted molar refractivity (Wildman–Crippen MR) is 96.8 cm³/mol. The van der Waals surface area contributed by atoms with E-state index >= 15 is 0 Å². The summed E-state index contributed by atoms with van der Waals surface area (Å²) in [6.07, 6.45) is 6.88. The van der Waals surface area contributed by atoms with Gasteiger partial charge < -0.3 is 5.32 Å². The average Bonchev–Trinajstić information content (AvgIpc) is 3.17. The molecule has 1 fully saturated rings. The van der Waals surface area contributed by atoms with Crippen LogP contribution in [0.1, 0.15) is 49.7 Å². The summed E-state index contributed by atoms with van der Waals surface area (Å²) >= 11 is 1.50. The van der Waals surface area contributed by atoms with Gasteiger partial charge in [0, 0.05) is 17.4 Å². The van der Waals surface area contributed by atoms with Crippen LogP contribution in [0, 0.1) is 19.8 Å². The minimum atomic E-state index is 0.0958. The molecule has 0 saturated heterocycles. The number of aryl methyl sites for hydroxylation is 2. The average molecular weight is 328 g/mol. The van der Waals surface area contributed by atoms with Gasteiger partial charge in [-0.25, -0.2) is 4.98 Å². The molecule has 0 radical (unpaired) electrons. The third kappa shape index (κ3) is 4.20. The molecule has 0 bridgehead atoms. The lowest BCUT2D eigenvalue weighted by molar-refractivity contribution is -0.116. The zero-order valence-corrected chi connectivity index (χ0v) is 14.7. The zero-order chi connectivity index (χ0) is 16.2. The normalized spacial score (nSPS) is 15.0. The topological polar surface area (TPSA) is 42.0 Å². The summed E-state index contributed by atoms with van der Waals surface area (Å²) in [7, 11) is 0. The van der Waals surface area contributed by atoms with Crippen LogP contribution in [0.5, 0.6) is 0 Å². The Morgan fingerprint density at radius 1 is 1.30 bits per heavy atom. The van der Waals surface area contributed by atoms with Crippen molar-refractivity contribution in [3.63, 3.8) is 0 Å². The highest BCUT2D eigenvalue weighted by Crippen LogP contribution is 2.30. The number of amides is 1. The first-order valence-electron chi connectivity index (χ1n) is 8.45. The smallest absolute Gasteiger partial charge is 0.226 e. The van der Waals surface area contributed by atoms with Crippen LogP contribution in [-0.2, 0) is 4.79 Å². The minimum absolute atomic E-state index is 0.0958. The van der Waals surface area contributed by atoms with E-state index in [0.717, 1.165) is 23.6 Å². The molecule has 0 spiro atoms. The summed E-state index contributed by atoms with van der Waals surface area (Å²) in [5, 5.41) is 5.68. The van der Waals surface area contributed by atoms with Crippen LogP contribution in [0.15, 0.2) is 23.6 Å². The Hall–Kier alpha value is -1.68. The molecule has 4 heteroatoms. The molecule has 1 heterocycles. The third-order valence-corrected chi connectivity index (χ3v) is 5.42. The van der Waals surface area contributed by atoms with E-state index in [1.807, 2.05) is 5.38 Å². The Morgan fingerprint density at radius 2 is 2.09 bits per heavy atom. The van der Waals surface area contributed by atoms with Crippen molar-refractivity contribution in [1.29, 1.82) is 0 Å². The Kier molecular flexibility index (Phi) is 5.11. The minimum Gasteiger partial charge on any atom is -0.302 e. The van der Waals surface area contributed by atoms with E-state index in [9.17, 15) is 4.79 Å². The molecule has 1 aromatic carbocycles. The van der Waals surface area contributed by atoms with E-state index in [0.29, 0.717) is 11.6 Å². The van der Waals surface area contributed by atoms with Gasteiger partial charge in [0.2, 0.25) is 5.91 Å². The summed E-state index contributed by atoms with van der Waals surface area (Å²) in [6.45, 7) is 4.19. The van der Waals surface area contributed by atoms with Crippen LogP contribution >= 0.6 is 11.3 Å². The van der Waals surface area contributed by atoms with Crippen LogP contribution in [0.3, 0.4) is 0 Å². The van der Waals surface area contributed by atoms with Crippen LogP contribution in [0.2, 0.25) is 0 Å². The number of aromatic nitrogens is 1. The molecule has 3 nitrogen and oxygen atoms in total. The summed E-state index contributed by atoms with van der Waals surface area (Å²) in [6, 6.07) is 6.36. The second-order valence-electron chi connectivity index (χ2n) is 6.59. The molecule has 3 rings (SSSR count). The van der Waals surface area contributed by atoms with Crippen molar-refractivity contribution in [2.24, 2.45) is 5.92 Å². The second kappa shape index (κ2) is 7.26. The molecular formula is C19H24N2OS. The van der Waals surface area contributed by atoms with Gasteiger partial charge in [-0.1, -0.05) is 49.4 Å². The molecule has 0 atom stereocenters. The maximum Gasteiger partial charge on any atom is 0.226 e. The molecule has 2 aromatic rings. The van der Waals surface area contributed by atoms with Gasteiger partial charge in [0.05, 0.1) is 5.69 Å². The number of rotatable bonds is 5. The third-order valence-electron chi connectivity index (χ3n) is 4.66. The fourth-order valence-electron chi connectivity index (χ4n) is 3.37. The van der Waals surface area contributed by atoms with E-state index in [1.165, 1.54) is 48.1 Å². The molecule has 0 aliphatic heterocycles. The van der Waals surface area contributed by atoms with Gasteiger partial charge in [0.1, 0.15) is 0 Å². The molecule has 1 N–H and O–H groups in total. The predicted octanol–water partition coefficient (Wildman–Crippen LogP) is 5.34. The number of carbonyl (C=O) groups is 1. The van der Waals surface area contributed by atoms with E-state index < -0.39 is 0 Å². The highest BCUT2D eigenvalue weighted by Gasteiger charge is 2.16. The van der Waals surface area contributed by atoms with Gasteiger partial charge in [-0.3, -0.25) is 4.79 Å². The van der Waals surface area contributed by atoms with Gasteiger partial charge in [-0.2, -0.15) is 0 Å². The first-order valence-corrected chi connectivity index (χ1v) is 9.33. The maximum absolute atomic E-state index is 12.1. The van der Waals surface area contributed by atoms with Crippen molar-refractivity contribution in [1.82, 2.24) is 4.98 Å². The summed E-state index contributed by atoms with van der Waals surface area (Å²) in [5.74, 6) is 0.848.